The van der Waals surface area contributed by atoms with E-state index in [0.717, 1.165) is 11.1 Å². The number of aromatic nitrogens is 1. The molecule has 3 rings (SSSR count). The molecule has 0 aliphatic heterocycles. The van der Waals surface area contributed by atoms with Gasteiger partial charge >= 0.3 is 0 Å². The van der Waals surface area contributed by atoms with Gasteiger partial charge in [0.2, 0.25) is 5.91 Å². The summed E-state index contributed by atoms with van der Waals surface area (Å²) >= 11 is 0. The van der Waals surface area contributed by atoms with E-state index in [1.807, 2.05) is 36.4 Å². The maximum absolute atomic E-state index is 13.7. The van der Waals surface area contributed by atoms with Crippen LogP contribution in [0.5, 0.6) is 0 Å². The summed E-state index contributed by atoms with van der Waals surface area (Å²) in [6.45, 7) is 3.82. The van der Waals surface area contributed by atoms with Crippen molar-refractivity contribution in [3.63, 3.8) is 0 Å². The molecule has 1 atom stereocenters. The van der Waals surface area contributed by atoms with Crippen molar-refractivity contribution in [2.75, 3.05) is 5.32 Å². The molecular weight excluding hydrogens is 333 g/mol. The SMILES string of the molecule is Cc1cc(NC(=O)C(NCc2ccc(C)c(F)c2)c2ccccc2)no1. The number of amides is 1. The molecule has 0 aliphatic rings. The summed E-state index contributed by atoms with van der Waals surface area (Å²) in [6.07, 6.45) is 0. The largest absolute Gasteiger partial charge is 0.360 e. The van der Waals surface area contributed by atoms with Gasteiger partial charge in [0.1, 0.15) is 17.6 Å². The molecule has 1 aromatic heterocycles. The Balaban J connectivity index is 1.76. The van der Waals surface area contributed by atoms with Gasteiger partial charge in [-0.2, -0.15) is 0 Å². The second kappa shape index (κ2) is 7.93. The molecule has 1 heterocycles. The number of aryl methyl sites for hydroxylation is 2. The predicted octanol–water partition coefficient (Wildman–Crippen LogP) is 3.90. The fourth-order valence-corrected chi connectivity index (χ4v) is 2.60. The minimum Gasteiger partial charge on any atom is -0.360 e. The van der Waals surface area contributed by atoms with Gasteiger partial charge < -0.3 is 9.84 Å². The molecule has 6 heteroatoms. The van der Waals surface area contributed by atoms with Crippen molar-refractivity contribution in [3.05, 3.63) is 82.9 Å². The molecule has 0 saturated heterocycles. The lowest BCUT2D eigenvalue weighted by atomic mass is 10.1. The summed E-state index contributed by atoms with van der Waals surface area (Å²) in [4.78, 5) is 12.7. The van der Waals surface area contributed by atoms with Crippen molar-refractivity contribution in [2.24, 2.45) is 0 Å². The molecule has 3 aromatic rings. The maximum Gasteiger partial charge on any atom is 0.247 e. The highest BCUT2D eigenvalue weighted by Crippen LogP contribution is 2.18. The van der Waals surface area contributed by atoms with Gasteiger partial charge in [0.05, 0.1) is 0 Å². The van der Waals surface area contributed by atoms with E-state index in [0.29, 0.717) is 23.7 Å². The van der Waals surface area contributed by atoms with Gasteiger partial charge in [-0.3, -0.25) is 10.1 Å². The first-order chi connectivity index (χ1) is 12.5. The van der Waals surface area contributed by atoms with E-state index >= 15 is 0 Å². The average molecular weight is 353 g/mol. The number of anilines is 1. The Labute approximate surface area is 151 Å². The van der Waals surface area contributed by atoms with Crippen molar-refractivity contribution in [2.45, 2.75) is 26.4 Å². The molecule has 2 N–H and O–H groups in total. The molecule has 26 heavy (non-hydrogen) atoms. The number of hydrogen-bond donors (Lipinski definition) is 2. The molecular formula is C20H20FN3O2. The van der Waals surface area contributed by atoms with Crippen LogP contribution in [0.2, 0.25) is 0 Å². The Morgan fingerprint density at radius 3 is 2.58 bits per heavy atom. The lowest BCUT2D eigenvalue weighted by Crippen LogP contribution is -2.32. The Kier molecular flexibility index (Phi) is 5.43. The molecule has 134 valence electrons. The van der Waals surface area contributed by atoms with Gasteiger partial charge in [-0.05, 0) is 36.6 Å². The molecule has 2 aromatic carbocycles. The quantitative estimate of drug-likeness (QED) is 0.705. The first kappa shape index (κ1) is 17.8. The summed E-state index contributed by atoms with van der Waals surface area (Å²) in [6, 6.07) is 15.4. The van der Waals surface area contributed by atoms with E-state index in [2.05, 4.69) is 15.8 Å². The lowest BCUT2D eigenvalue weighted by molar-refractivity contribution is -0.118. The van der Waals surface area contributed by atoms with E-state index in [9.17, 15) is 9.18 Å². The Hall–Kier alpha value is -2.99. The van der Waals surface area contributed by atoms with Crippen LogP contribution < -0.4 is 10.6 Å². The molecule has 0 spiro atoms. The van der Waals surface area contributed by atoms with E-state index in [1.165, 1.54) is 6.07 Å². The third-order valence-electron chi connectivity index (χ3n) is 4.02. The van der Waals surface area contributed by atoms with Crippen LogP contribution in [-0.2, 0) is 11.3 Å². The van der Waals surface area contributed by atoms with Crippen molar-refractivity contribution < 1.29 is 13.7 Å². The van der Waals surface area contributed by atoms with E-state index in [1.54, 1.807) is 26.0 Å². The van der Waals surface area contributed by atoms with E-state index in [-0.39, 0.29) is 11.7 Å². The molecule has 0 bridgehead atoms. The van der Waals surface area contributed by atoms with Crippen molar-refractivity contribution in [1.29, 1.82) is 0 Å². The number of hydrogen-bond acceptors (Lipinski definition) is 4. The third kappa shape index (κ3) is 4.34. The van der Waals surface area contributed by atoms with Crippen LogP contribution in [-0.4, -0.2) is 11.1 Å². The van der Waals surface area contributed by atoms with Gasteiger partial charge in [0.25, 0.3) is 0 Å². The monoisotopic (exact) mass is 353 g/mol. The number of benzene rings is 2. The van der Waals surface area contributed by atoms with E-state index < -0.39 is 6.04 Å². The fraction of sp³-hybridized carbons (Fsp3) is 0.200. The molecule has 1 amide bonds. The molecule has 0 saturated carbocycles. The van der Waals surface area contributed by atoms with Crippen LogP contribution in [0, 0.1) is 19.7 Å². The smallest absolute Gasteiger partial charge is 0.247 e. The lowest BCUT2D eigenvalue weighted by Gasteiger charge is -2.18. The number of rotatable bonds is 6. The molecule has 1 unspecified atom stereocenters. The van der Waals surface area contributed by atoms with Crippen molar-refractivity contribution in [3.8, 4) is 0 Å². The van der Waals surface area contributed by atoms with Gasteiger partial charge in [-0.25, -0.2) is 4.39 Å². The number of nitrogens with one attached hydrogen (secondary N) is 2. The average Bonchev–Trinajstić information content (AvgIpc) is 3.04. The fourth-order valence-electron chi connectivity index (χ4n) is 2.60. The van der Waals surface area contributed by atoms with Crippen molar-refractivity contribution in [1.82, 2.24) is 10.5 Å². The second-order valence-corrected chi connectivity index (χ2v) is 6.12. The summed E-state index contributed by atoms with van der Waals surface area (Å²) in [7, 11) is 0. The molecule has 0 aliphatic carbocycles. The normalized spacial score (nSPS) is 12.0. The first-order valence-corrected chi connectivity index (χ1v) is 8.30. The van der Waals surface area contributed by atoms with Gasteiger partial charge in [0.15, 0.2) is 5.82 Å². The van der Waals surface area contributed by atoms with Crippen LogP contribution in [0.3, 0.4) is 0 Å². The summed E-state index contributed by atoms with van der Waals surface area (Å²) in [5.41, 5.74) is 2.16. The molecule has 0 radical (unpaired) electrons. The van der Waals surface area contributed by atoms with Crippen LogP contribution in [0.15, 0.2) is 59.1 Å². The third-order valence-corrected chi connectivity index (χ3v) is 4.02. The second-order valence-electron chi connectivity index (χ2n) is 6.12. The summed E-state index contributed by atoms with van der Waals surface area (Å²) in [5.74, 6) is 0.441. The zero-order valence-electron chi connectivity index (χ0n) is 14.6. The standard InChI is InChI=1S/C20H20FN3O2/c1-13-8-9-15(11-17(13)21)12-22-19(16-6-4-3-5-7-16)20(25)23-18-10-14(2)26-24-18/h3-11,19,22H,12H2,1-2H3,(H,23,24,25). The van der Waals surface area contributed by atoms with Gasteiger partial charge in [0, 0.05) is 12.6 Å². The Morgan fingerprint density at radius 2 is 1.92 bits per heavy atom. The minimum absolute atomic E-state index is 0.261. The molecule has 0 fully saturated rings. The topological polar surface area (TPSA) is 67.2 Å². The number of nitrogens with zero attached hydrogens (tertiary/aromatic N) is 1. The highest BCUT2D eigenvalue weighted by atomic mass is 19.1. The first-order valence-electron chi connectivity index (χ1n) is 8.30. The summed E-state index contributed by atoms with van der Waals surface area (Å²) < 4.78 is 18.7. The maximum atomic E-state index is 13.7. The van der Waals surface area contributed by atoms with Crippen molar-refractivity contribution >= 4 is 11.7 Å². The van der Waals surface area contributed by atoms with Crippen LogP contribution in [0.4, 0.5) is 10.2 Å². The minimum atomic E-state index is -0.613. The Bertz CT molecular complexity index is 893. The zero-order chi connectivity index (χ0) is 18.5. The highest BCUT2D eigenvalue weighted by Gasteiger charge is 2.21. The van der Waals surface area contributed by atoms with Crippen LogP contribution >= 0.6 is 0 Å². The molecule has 5 nitrogen and oxygen atoms in total. The van der Waals surface area contributed by atoms with E-state index in [4.69, 9.17) is 4.52 Å². The number of carbonyl (C=O) groups is 1. The number of halogens is 1. The van der Waals surface area contributed by atoms with Crippen LogP contribution in [0.1, 0.15) is 28.5 Å². The summed E-state index contributed by atoms with van der Waals surface area (Å²) in [5, 5.41) is 9.71. The predicted molar refractivity (Wildman–Crippen MR) is 97.0 cm³/mol. The number of carbonyl (C=O) groups excluding carboxylic acids is 1. The Morgan fingerprint density at radius 1 is 1.15 bits per heavy atom. The zero-order valence-corrected chi connectivity index (χ0v) is 14.6. The van der Waals surface area contributed by atoms with Crippen LogP contribution in [0.25, 0.3) is 0 Å². The van der Waals surface area contributed by atoms with Gasteiger partial charge in [-0.1, -0.05) is 47.6 Å². The van der Waals surface area contributed by atoms with Gasteiger partial charge in [-0.15, -0.1) is 0 Å². The highest BCUT2D eigenvalue weighted by molar-refractivity contribution is 5.94.